The second-order valence-corrected chi connectivity index (χ2v) is 4.17. The van der Waals surface area contributed by atoms with Crippen molar-refractivity contribution in [2.75, 3.05) is 0 Å². The molecule has 1 amide bonds. The van der Waals surface area contributed by atoms with Gasteiger partial charge in [-0.2, -0.15) is 4.68 Å². The van der Waals surface area contributed by atoms with E-state index in [1.165, 1.54) is 23.1 Å². The van der Waals surface area contributed by atoms with Crippen molar-refractivity contribution >= 4 is 23.3 Å². The van der Waals surface area contributed by atoms with E-state index >= 15 is 0 Å². The molecule has 20 heavy (non-hydrogen) atoms. The first-order chi connectivity index (χ1) is 9.51. The summed E-state index contributed by atoms with van der Waals surface area (Å²) in [5.74, 6) is 4.13. The Labute approximate surface area is 117 Å². The maximum atomic E-state index is 11.2. The number of nitrogens with two attached hydrogens (primary N) is 1. The molecular formula is C10H9ClN6O3. The van der Waals surface area contributed by atoms with E-state index in [0.717, 1.165) is 0 Å². The van der Waals surface area contributed by atoms with Gasteiger partial charge in [0.05, 0.1) is 22.6 Å². The molecule has 9 nitrogen and oxygen atoms in total. The van der Waals surface area contributed by atoms with Gasteiger partial charge in [-0.15, -0.1) is 0 Å². The maximum absolute atomic E-state index is 11.2. The van der Waals surface area contributed by atoms with Crippen LogP contribution in [0.5, 0.6) is 0 Å². The van der Waals surface area contributed by atoms with E-state index in [0.29, 0.717) is 11.3 Å². The highest BCUT2D eigenvalue weighted by molar-refractivity contribution is 6.32. The number of nitrogens with zero attached hydrogens (tertiary/aromatic N) is 4. The van der Waals surface area contributed by atoms with Gasteiger partial charge in [0.1, 0.15) is 6.54 Å². The Morgan fingerprint density at radius 1 is 1.55 bits per heavy atom. The summed E-state index contributed by atoms with van der Waals surface area (Å²) in [6, 6.07) is 3.12. The zero-order valence-electron chi connectivity index (χ0n) is 9.99. The minimum Gasteiger partial charge on any atom is -0.358 e. The molecule has 2 heterocycles. The third-order valence-electron chi connectivity index (χ3n) is 2.41. The van der Waals surface area contributed by atoms with Crippen LogP contribution in [0.25, 0.3) is 0 Å². The molecule has 0 atom stereocenters. The topological polar surface area (TPSA) is 129 Å². The van der Waals surface area contributed by atoms with Crippen molar-refractivity contribution in [3.05, 3.63) is 50.9 Å². The zero-order valence-corrected chi connectivity index (χ0v) is 10.7. The monoisotopic (exact) mass is 296 g/mol. The normalized spacial score (nSPS) is 10.3. The molecular weight excluding hydrogens is 288 g/mol. The third-order valence-corrected chi connectivity index (χ3v) is 2.68. The average molecular weight is 297 g/mol. The molecule has 0 unspecified atom stereocenters. The third kappa shape index (κ3) is 2.90. The lowest BCUT2D eigenvalue weighted by Gasteiger charge is -2.01. The number of rotatable bonds is 4. The Hall–Kier alpha value is -2.52. The first-order valence-electron chi connectivity index (χ1n) is 5.34. The molecule has 0 aromatic carbocycles. The lowest BCUT2D eigenvalue weighted by atomic mass is 10.2. The van der Waals surface area contributed by atoms with Crippen LogP contribution in [0.4, 0.5) is 5.82 Å². The minimum atomic E-state index is -0.666. The van der Waals surface area contributed by atoms with E-state index in [4.69, 9.17) is 17.4 Å². The molecule has 3 N–H and O–H groups in total. The van der Waals surface area contributed by atoms with Crippen LogP contribution >= 0.6 is 11.6 Å². The fourth-order valence-electron chi connectivity index (χ4n) is 1.49. The van der Waals surface area contributed by atoms with E-state index in [9.17, 15) is 14.9 Å². The molecule has 2 aromatic heterocycles. The molecule has 0 saturated carbocycles. The first kappa shape index (κ1) is 13.9. The fourth-order valence-corrected chi connectivity index (χ4v) is 1.71. The second-order valence-electron chi connectivity index (χ2n) is 3.77. The number of halogens is 1. The molecule has 10 heteroatoms. The van der Waals surface area contributed by atoms with Gasteiger partial charge in [-0.05, 0) is 17.1 Å². The zero-order chi connectivity index (χ0) is 14.7. The van der Waals surface area contributed by atoms with E-state index in [1.807, 2.05) is 5.43 Å². The molecule has 0 aliphatic carbocycles. The van der Waals surface area contributed by atoms with E-state index < -0.39 is 16.6 Å². The molecule has 0 aliphatic rings. The number of carbonyl (C=O) groups excluding carboxylic acids is 1. The van der Waals surface area contributed by atoms with Gasteiger partial charge < -0.3 is 10.1 Å². The molecule has 0 fully saturated rings. The summed E-state index contributed by atoms with van der Waals surface area (Å²) in [5, 5.41) is 14.3. The van der Waals surface area contributed by atoms with Crippen LogP contribution in [0.1, 0.15) is 16.1 Å². The van der Waals surface area contributed by atoms with Crippen LogP contribution in [0.15, 0.2) is 24.5 Å². The van der Waals surface area contributed by atoms with Crippen LogP contribution in [0.3, 0.4) is 0 Å². The van der Waals surface area contributed by atoms with Gasteiger partial charge in [0, 0.05) is 6.20 Å². The Bertz CT molecular complexity index is 654. The molecule has 104 valence electrons. The largest absolute Gasteiger partial charge is 0.408 e. The molecule has 0 bridgehead atoms. The molecule has 2 aromatic rings. The van der Waals surface area contributed by atoms with E-state index in [2.05, 4.69) is 10.1 Å². The standard InChI is InChI=1S/C10H9ClN6O3/c11-8-5-16(15-9(8)17(19)20)4-7-2-1-6(3-13-7)10(18)14-12/h1-3,5H,4,12H2,(H,14,18). The van der Waals surface area contributed by atoms with Gasteiger partial charge >= 0.3 is 5.82 Å². The van der Waals surface area contributed by atoms with Crippen molar-refractivity contribution in [2.45, 2.75) is 6.54 Å². The molecule has 0 radical (unpaired) electrons. The Morgan fingerprint density at radius 3 is 2.80 bits per heavy atom. The van der Waals surface area contributed by atoms with Crippen LogP contribution < -0.4 is 11.3 Å². The maximum Gasteiger partial charge on any atom is 0.408 e. The number of hydrogen-bond acceptors (Lipinski definition) is 6. The van der Waals surface area contributed by atoms with Crippen LogP contribution in [-0.4, -0.2) is 25.6 Å². The molecule has 0 aliphatic heterocycles. The number of hydrogen-bond donors (Lipinski definition) is 2. The van der Waals surface area contributed by atoms with Crippen molar-refractivity contribution in [1.82, 2.24) is 20.2 Å². The number of nitrogen functional groups attached to an aromatic ring is 1. The summed E-state index contributed by atoms with van der Waals surface area (Å²) in [5.41, 5.74) is 2.85. The van der Waals surface area contributed by atoms with Crippen molar-refractivity contribution in [1.29, 1.82) is 0 Å². The van der Waals surface area contributed by atoms with Crippen molar-refractivity contribution < 1.29 is 9.72 Å². The van der Waals surface area contributed by atoms with Gasteiger partial charge in [0.25, 0.3) is 5.91 Å². The highest BCUT2D eigenvalue weighted by Gasteiger charge is 2.19. The smallest absolute Gasteiger partial charge is 0.358 e. The quantitative estimate of drug-likeness (QED) is 0.365. The minimum absolute atomic E-state index is 0.0471. The average Bonchev–Trinajstić information content (AvgIpc) is 2.79. The number of hydrazine groups is 1. The summed E-state index contributed by atoms with van der Waals surface area (Å²) in [6.45, 7) is 0.193. The first-order valence-corrected chi connectivity index (χ1v) is 5.72. The van der Waals surface area contributed by atoms with Gasteiger partial charge in [-0.25, -0.2) is 5.84 Å². The number of nitrogens with one attached hydrogen (secondary N) is 1. The van der Waals surface area contributed by atoms with Crippen molar-refractivity contribution in [3.63, 3.8) is 0 Å². The molecule has 0 spiro atoms. The summed E-state index contributed by atoms with van der Waals surface area (Å²) in [7, 11) is 0. The van der Waals surface area contributed by atoms with Crippen LogP contribution in [0, 0.1) is 10.1 Å². The number of pyridine rings is 1. The van der Waals surface area contributed by atoms with E-state index in [1.54, 1.807) is 6.07 Å². The highest BCUT2D eigenvalue weighted by Crippen LogP contribution is 2.21. The van der Waals surface area contributed by atoms with Crippen molar-refractivity contribution in [2.24, 2.45) is 5.84 Å². The number of aromatic nitrogens is 3. The van der Waals surface area contributed by atoms with Crippen molar-refractivity contribution in [3.8, 4) is 0 Å². The number of carbonyl (C=O) groups is 1. The Balaban J connectivity index is 2.16. The lowest BCUT2D eigenvalue weighted by Crippen LogP contribution is -2.30. The van der Waals surface area contributed by atoms with E-state index in [-0.39, 0.29) is 11.6 Å². The summed E-state index contributed by atoms with van der Waals surface area (Å²) in [4.78, 5) is 25.2. The summed E-state index contributed by atoms with van der Waals surface area (Å²) in [6.07, 6.45) is 2.68. The predicted molar refractivity (Wildman–Crippen MR) is 68.9 cm³/mol. The fraction of sp³-hybridized carbons (Fsp3) is 0.100. The highest BCUT2D eigenvalue weighted by atomic mass is 35.5. The summed E-state index contributed by atoms with van der Waals surface area (Å²) < 4.78 is 1.30. The van der Waals surface area contributed by atoms with Gasteiger partial charge in [0.15, 0.2) is 5.02 Å². The Morgan fingerprint density at radius 2 is 2.30 bits per heavy atom. The second kappa shape index (κ2) is 5.63. The summed E-state index contributed by atoms with van der Waals surface area (Å²) >= 11 is 5.68. The predicted octanol–water partition coefficient (Wildman–Crippen LogP) is 0.491. The number of amides is 1. The van der Waals surface area contributed by atoms with Gasteiger partial charge in [-0.1, -0.05) is 11.6 Å². The van der Waals surface area contributed by atoms with Crippen LogP contribution in [-0.2, 0) is 6.54 Å². The Kier molecular flexibility index (Phi) is 3.91. The van der Waals surface area contributed by atoms with Gasteiger partial charge in [0.2, 0.25) is 0 Å². The molecule has 0 saturated heterocycles. The molecule has 2 rings (SSSR count). The van der Waals surface area contributed by atoms with Crippen LogP contribution in [0.2, 0.25) is 5.02 Å². The van der Waals surface area contributed by atoms with Gasteiger partial charge in [-0.3, -0.25) is 15.2 Å². The lowest BCUT2D eigenvalue weighted by molar-refractivity contribution is -0.389. The number of nitro groups is 1. The SMILES string of the molecule is NNC(=O)c1ccc(Cn2cc(Cl)c([N+](=O)[O-])n2)nc1.